The highest BCUT2D eigenvalue weighted by Gasteiger charge is 2.28. The van der Waals surface area contributed by atoms with Gasteiger partial charge in [0.15, 0.2) is 11.5 Å². The lowest BCUT2D eigenvalue weighted by Gasteiger charge is -2.19. The fourth-order valence-corrected chi connectivity index (χ4v) is 2.78. The number of pyridine rings is 1. The van der Waals surface area contributed by atoms with Crippen molar-refractivity contribution in [2.24, 2.45) is 5.92 Å². The number of rotatable bonds is 2. The van der Waals surface area contributed by atoms with Crippen LogP contribution < -0.4 is 0 Å². The van der Waals surface area contributed by atoms with Crippen molar-refractivity contribution in [2.45, 2.75) is 47.0 Å². The Hall–Kier alpha value is -2.17. The Kier molecular flexibility index (Phi) is 4.96. The lowest BCUT2D eigenvalue weighted by molar-refractivity contribution is 0.0688. The van der Waals surface area contributed by atoms with Crippen molar-refractivity contribution in [1.29, 1.82) is 0 Å². The SMILES string of the molecule is CC.Cc1ccnc(-n2nc(C(=O)O)c3c2CC(C)CC3)c1. The van der Waals surface area contributed by atoms with Crippen molar-refractivity contribution in [1.82, 2.24) is 14.8 Å². The van der Waals surface area contributed by atoms with Crippen LogP contribution in [-0.4, -0.2) is 25.8 Å². The Morgan fingerprint density at radius 2 is 2.14 bits per heavy atom. The Morgan fingerprint density at radius 1 is 1.41 bits per heavy atom. The van der Waals surface area contributed by atoms with E-state index >= 15 is 0 Å². The zero-order valence-electron chi connectivity index (χ0n) is 13.6. The number of carbonyl (C=O) groups is 1. The maximum absolute atomic E-state index is 11.4. The minimum absolute atomic E-state index is 0.176. The molecule has 1 unspecified atom stereocenters. The highest BCUT2D eigenvalue weighted by atomic mass is 16.4. The molecule has 5 heteroatoms. The van der Waals surface area contributed by atoms with Gasteiger partial charge in [-0.25, -0.2) is 14.5 Å². The van der Waals surface area contributed by atoms with E-state index in [0.29, 0.717) is 11.7 Å². The van der Waals surface area contributed by atoms with Crippen LogP contribution in [0.5, 0.6) is 0 Å². The quantitative estimate of drug-likeness (QED) is 0.922. The molecule has 5 nitrogen and oxygen atoms in total. The van der Waals surface area contributed by atoms with Crippen molar-refractivity contribution in [3.05, 3.63) is 40.8 Å². The molecule has 1 N–H and O–H groups in total. The van der Waals surface area contributed by atoms with Crippen LogP contribution >= 0.6 is 0 Å². The van der Waals surface area contributed by atoms with Crippen molar-refractivity contribution < 1.29 is 9.90 Å². The summed E-state index contributed by atoms with van der Waals surface area (Å²) >= 11 is 0. The fraction of sp³-hybridized carbons (Fsp3) is 0.471. The lowest BCUT2D eigenvalue weighted by Crippen LogP contribution is -2.15. The summed E-state index contributed by atoms with van der Waals surface area (Å²) in [5.41, 5.74) is 3.13. The Morgan fingerprint density at radius 3 is 2.77 bits per heavy atom. The second kappa shape index (κ2) is 6.73. The molecule has 0 spiro atoms. The summed E-state index contributed by atoms with van der Waals surface area (Å²) in [6, 6.07) is 3.85. The van der Waals surface area contributed by atoms with Crippen LogP contribution in [0.25, 0.3) is 5.82 Å². The number of carboxylic acid groups (broad SMARTS) is 1. The van der Waals surface area contributed by atoms with Gasteiger partial charge in [-0.15, -0.1) is 0 Å². The molecule has 2 aromatic heterocycles. The predicted molar refractivity (Wildman–Crippen MR) is 85.6 cm³/mol. The molecule has 1 atom stereocenters. The van der Waals surface area contributed by atoms with Crippen LogP contribution in [0.3, 0.4) is 0 Å². The molecule has 0 bridgehead atoms. The molecule has 22 heavy (non-hydrogen) atoms. The van der Waals surface area contributed by atoms with E-state index in [9.17, 15) is 9.90 Å². The second-order valence-electron chi connectivity index (χ2n) is 5.53. The molecule has 0 radical (unpaired) electrons. The minimum Gasteiger partial charge on any atom is -0.476 e. The molecule has 1 aliphatic rings. The summed E-state index contributed by atoms with van der Waals surface area (Å²) in [5.74, 6) is 0.287. The molecular weight excluding hydrogens is 278 g/mol. The van der Waals surface area contributed by atoms with E-state index in [-0.39, 0.29) is 5.69 Å². The largest absolute Gasteiger partial charge is 0.476 e. The van der Waals surface area contributed by atoms with Gasteiger partial charge in [-0.05, 0) is 49.8 Å². The average Bonchev–Trinajstić information content (AvgIpc) is 2.88. The van der Waals surface area contributed by atoms with Crippen LogP contribution in [0.15, 0.2) is 18.3 Å². The number of aryl methyl sites for hydroxylation is 1. The summed E-state index contributed by atoms with van der Waals surface area (Å²) in [7, 11) is 0. The molecule has 118 valence electrons. The van der Waals surface area contributed by atoms with Gasteiger partial charge < -0.3 is 5.11 Å². The summed E-state index contributed by atoms with van der Waals surface area (Å²) in [4.78, 5) is 15.7. The lowest BCUT2D eigenvalue weighted by atomic mass is 9.88. The van der Waals surface area contributed by atoms with Crippen LogP contribution in [0.2, 0.25) is 0 Å². The Labute approximate surface area is 131 Å². The van der Waals surface area contributed by atoms with Crippen molar-refractivity contribution in [2.75, 3.05) is 0 Å². The maximum atomic E-state index is 11.4. The van der Waals surface area contributed by atoms with E-state index in [2.05, 4.69) is 17.0 Å². The van der Waals surface area contributed by atoms with Gasteiger partial charge >= 0.3 is 5.97 Å². The maximum Gasteiger partial charge on any atom is 0.356 e. The molecule has 0 saturated heterocycles. The molecule has 2 aromatic rings. The standard InChI is InChI=1S/C15H17N3O2.C2H6/c1-9-3-4-11-12(7-9)18(17-14(11)15(19)20)13-8-10(2)5-6-16-13;1-2/h5-6,8-9H,3-4,7H2,1-2H3,(H,19,20);1-2H3. The molecule has 0 amide bonds. The number of fused-ring (bicyclic) bond motifs is 1. The molecule has 0 aromatic carbocycles. The Bertz CT molecular complexity index is 677. The van der Waals surface area contributed by atoms with Gasteiger partial charge in [0, 0.05) is 11.8 Å². The molecule has 0 saturated carbocycles. The van der Waals surface area contributed by atoms with Gasteiger partial charge in [0.25, 0.3) is 0 Å². The van der Waals surface area contributed by atoms with E-state index in [4.69, 9.17) is 0 Å². The normalized spacial score (nSPS) is 16.5. The third-order valence-electron chi connectivity index (χ3n) is 3.84. The van der Waals surface area contributed by atoms with E-state index < -0.39 is 5.97 Å². The molecular formula is C17H23N3O2. The molecule has 0 aliphatic heterocycles. The van der Waals surface area contributed by atoms with E-state index in [1.165, 1.54) is 0 Å². The number of hydrogen-bond donors (Lipinski definition) is 1. The third-order valence-corrected chi connectivity index (χ3v) is 3.84. The van der Waals surface area contributed by atoms with Crippen LogP contribution in [0.4, 0.5) is 0 Å². The first-order valence-electron chi connectivity index (χ1n) is 7.83. The van der Waals surface area contributed by atoms with E-state index in [1.54, 1.807) is 10.9 Å². The highest BCUT2D eigenvalue weighted by molar-refractivity contribution is 5.87. The van der Waals surface area contributed by atoms with Gasteiger partial charge in [0.1, 0.15) is 0 Å². The summed E-state index contributed by atoms with van der Waals surface area (Å²) in [5, 5.41) is 13.6. The van der Waals surface area contributed by atoms with Crippen molar-refractivity contribution in [3.8, 4) is 5.82 Å². The number of nitrogens with zero attached hydrogens (tertiary/aromatic N) is 3. The minimum atomic E-state index is -0.956. The first kappa shape index (κ1) is 16.2. The van der Waals surface area contributed by atoms with Crippen LogP contribution in [0.1, 0.15) is 54.5 Å². The number of hydrogen-bond acceptors (Lipinski definition) is 3. The van der Waals surface area contributed by atoms with E-state index in [1.807, 2.05) is 32.9 Å². The van der Waals surface area contributed by atoms with Crippen molar-refractivity contribution >= 4 is 5.97 Å². The smallest absolute Gasteiger partial charge is 0.356 e. The molecule has 0 fully saturated rings. The van der Waals surface area contributed by atoms with Gasteiger partial charge in [0.2, 0.25) is 0 Å². The molecule has 2 heterocycles. The van der Waals surface area contributed by atoms with Crippen LogP contribution in [-0.2, 0) is 12.8 Å². The van der Waals surface area contributed by atoms with Gasteiger partial charge in [-0.3, -0.25) is 0 Å². The summed E-state index contributed by atoms with van der Waals surface area (Å²) in [6.45, 7) is 8.17. The average molecular weight is 301 g/mol. The monoisotopic (exact) mass is 301 g/mol. The first-order chi connectivity index (χ1) is 10.6. The van der Waals surface area contributed by atoms with Gasteiger partial charge in [-0.1, -0.05) is 20.8 Å². The predicted octanol–water partition coefficient (Wildman–Crippen LogP) is 3.42. The second-order valence-corrected chi connectivity index (χ2v) is 5.53. The Balaban J connectivity index is 0.000000847. The zero-order chi connectivity index (χ0) is 16.3. The molecule has 3 rings (SSSR count). The number of aromatic nitrogens is 3. The first-order valence-corrected chi connectivity index (χ1v) is 7.83. The van der Waals surface area contributed by atoms with Gasteiger partial charge in [-0.2, -0.15) is 5.10 Å². The van der Waals surface area contributed by atoms with Crippen LogP contribution in [0, 0.1) is 12.8 Å². The topological polar surface area (TPSA) is 68.0 Å². The highest BCUT2D eigenvalue weighted by Crippen LogP contribution is 2.29. The summed E-state index contributed by atoms with van der Waals surface area (Å²) in [6.07, 6.45) is 4.38. The number of aromatic carboxylic acids is 1. The van der Waals surface area contributed by atoms with Crippen molar-refractivity contribution in [3.63, 3.8) is 0 Å². The van der Waals surface area contributed by atoms with E-state index in [0.717, 1.165) is 36.1 Å². The third kappa shape index (κ3) is 3.03. The summed E-state index contributed by atoms with van der Waals surface area (Å²) < 4.78 is 1.71. The number of carboxylic acids is 1. The zero-order valence-corrected chi connectivity index (χ0v) is 13.6. The fourth-order valence-electron chi connectivity index (χ4n) is 2.78. The van der Waals surface area contributed by atoms with Gasteiger partial charge in [0.05, 0.1) is 5.69 Å². The molecule has 1 aliphatic carbocycles.